The zero-order valence-electron chi connectivity index (χ0n) is 11.8. The second kappa shape index (κ2) is 6.95. The van der Waals surface area contributed by atoms with E-state index in [0.717, 1.165) is 17.7 Å². The van der Waals surface area contributed by atoms with Crippen molar-refractivity contribution in [2.24, 2.45) is 0 Å². The van der Waals surface area contributed by atoms with Gasteiger partial charge in [-0.05, 0) is 35.7 Å². The Morgan fingerprint density at radius 2 is 2.00 bits per heavy atom. The van der Waals surface area contributed by atoms with Gasteiger partial charge in [0.1, 0.15) is 0 Å². The summed E-state index contributed by atoms with van der Waals surface area (Å²) in [5.74, 6) is 1.03. The van der Waals surface area contributed by atoms with Crippen LogP contribution < -0.4 is 5.32 Å². The fourth-order valence-electron chi connectivity index (χ4n) is 2.57. The number of halogens is 2. The zero-order valence-corrected chi connectivity index (χ0v) is 14.1. The van der Waals surface area contributed by atoms with Gasteiger partial charge in [-0.1, -0.05) is 47.5 Å². The lowest BCUT2D eigenvalue weighted by molar-refractivity contribution is -0.121. The Morgan fingerprint density at radius 3 is 2.82 bits per heavy atom. The number of benzene rings is 2. The number of carbonyl (C=O) groups excluding carboxylic acids is 1. The van der Waals surface area contributed by atoms with Crippen LogP contribution >= 0.6 is 35.0 Å². The zero-order chi connectivity index (χ0) is 15.5. The molecule has 1 aliphatic rings. The Hall–Kier alpha value is -1.16. The minimum atomic E-state index is 0.00471. The summed E-state index contributed by atoms with van der Waals surface area (Å²) in [6.45, 7) is 0. The Labute approximate surface area is 144 Å². The van der Waals surface area contributed by atoms with Gasteiger partial charge in [-0.3, -0.25) is 4.79 Å². The summed E-state index contributed by atoms with van der Waals surface area (Å²) < 4.78 is 0. The molecular weight excluding hydrogens is 337 g/mol. The number of fused-ring (bicyclic) bond motifs is 1. The number of rotatable bonds is 3. The monoisotopic (exact) mass is 351 g/mol. The molecule has 0 aliphatic carbocycles. The van der Waals surface area contributed by atoms with Gasteiger partial charge < -0.3 is 5.32 Å². The summed E-state index contributed by atoms with van der Waals surface area (Å²) in [5, 5.41) is 4.11. The predicted octanol–water partition coefficient (Wildman–Crippen LogP) is 4.89. The summed E-state index contributed by atoms with van der Waals surface area (Å²) in [7, 11) is 0. The molecule has 3 rings (SSSR count). The molecule has 5 heteroatoms. The van der Waals surface area contributed by atoms with Crippen LogP contribution in [-0.2, 0) is 11.2 Å². The predicted molar refractivity (Wildman–Crippen MR) is 92.8 cm³/mol. The number of hydrogen-bond acceptors (Lipinski definition) is 2. The number of nitrogens with one attached hydrogen (secondary N) is 1. The molecule has 22 heavy (non-hydrogen) atoms. The molecule has 0 bridgehead atoms. The van der Waals surface area contributed by atoms with Crippen molar-refractivity contribution in [1.29, 1.82) is 0 Å². The molecule has 114 valence electrons. The van der Waals surface area contributed by atoms with Gasteiger partial charge in [-0.25, -0.2) is 0 Å². The van der Waals surface area contributed by atoms with E-state index in [2.05, 4.69) is 17.4 Å². The first-order valence-electron chi connectivity index (χ1n) is 7.08. The quantitative estimate of drug-likeness (QED) is 0.852. The molecule has 1 atom stereocenters. The highest BCUT2D eigenvalue weighted by Gasteiger charge is 2.21. The summed E-state index contributed by atoms with van der Waals surface area (Å²) in [6.07, 6.45) is 1.26. The maximum atomic E-state index is 12.3. The Morgan fingerprint density at radius 1 is 1.18 bits per heavy atom. The minimum Gasteiger partial charge on any atom is -0.349 e. The molecule has 2 nitrogen and oxygen atoms in total. The van der Waals surface area contributed by atoms with Crippen LogP contribution in [0.2, 0.25) is 10.0 Å². The number of hydrogen-bond donors (Lipinski definition) is 1. The van der Waals surface area contributed by atoms with Crippen molar-refractivity contribution in [3.05, 3.63) is 63.6 Å². The first-order chi connectivity index (χ1) is 10.6. The van der Waals surface area contributed by atoms with E-state index >= 15 is 0 Å². The lowest BCUT2D eigenvalue weighted by Gasteiger charge is -2.25. The maximum Gasteiger partial charge on any atom is 0.224 e. The summed E-state index contributed by atoms with van der Waals surface area (Å²) >= 11 is 13.7. The van der Waals surface area contributed by atoms with Gasteiger partial charge in [0.15, 0.2) is 0 Å². The van der Waals surface area contributed by atoms with Gasteiger partial charge in [-0.2, -0.15) is 0 Å². The highest BCUT2D eigenvalue weighted by Crippen LogP contribution is 2.35. The highest BCUT2D eigenvalue weighted by atomic mass is 35.5. The molecule has 0 fully saturated rings. The van der Waals surface area contributed by atoms with Crippen LogP contribution in [-0.4, -0.2) is 11.7 Å². The third-order valence-corrected chi connectivity index (χ3v) is 5.50. The molecular formula is C17H15Cl2NOS. The molecule has 2 aromatic rings. The number of thioether (sulfide) groups is 1. The van der Waals surface area contributed by atoms with Crippen LogP contribution in [0, 0.1) is 0 Å². The molecule has 1 amide bonds. The minimum absolute atomic E-state index is 0.00471. The van der Waals surface area contributed by atoms with Crippen LogP contribution in [0.4, 0.5) is 0 Å². The van der Waals surface area contributed by atoms with E-state index in [1.165, 1.54) is 10.5 Å². The van der Waals surface area contributed by atoms with Crippen molar-refractivity contribution in [1.82, 2.24) is 5.32 Å². The Balaban J connectivity index is 1.69. The van der Waals surface area contributed by atoms with E-state index in [-0.39, 0.29) is 11.9 Å². The molecule has 1 heterocycles. The normalized spacial score (nSPS) is 16.9. The third-order valence-electron chi connectivity index (χ3n) is 3.64. The highest BCUT2D eigenvalue weighted by molar-refractivity contribution is 7.99. The van der Waals surface area contributed by atoms with Crippen LogP contribution in [0.3, 0.4) is 0 Å². The van der Waals surface area contributed by atoms with E-state index in [1.54, 1.807) is 12.1 Å². The molecule has 1 unspecified atom stereocenters. The molecule has 0 spiro atoms. The second-order valence-corrected chi connectivity index (χ2v) is 7.17. The fourth-order valence-corrected chi connectivity index (χ4v) is 4.02. The van der Waals surface area contributed by atoms with Crippen molar-refractivity contribution in [2.75, 3.05) is 5.75 Å². The summed E-state index contributed by atoms with van der Waals surface area (Å²) in [4.78, 5) is 13.6. The third kappa shape index (κ3) is 3.60. The summed E-state index contributed by atoms with van der Waals surface area (Å²) in [6, 6.07) is 13.6. The standard InChI is InChI=1S/C17H15Cl2NOS/c18-13-6-5-11(9-14(13)19)10-17(21)20-15-7-8-22-16-4-2-1-3-12(15)16/h1-6,9,15H,7-8,10H2,(H,20,21). The van der Waals surface area contributed by atoms with E-state index in [4.69, 9.17) is 23.2 Å². The van der Waals surface area contributed by atoms with Crippen LogP contribution in [0.25, 0.3) is 0 Å². The first kappa shape index (κ1) is 15.7. The van der Waals surface area contributed by atoms with Gasteiger partial charge in [0, 0.05) is 10.6 Å². The average molecular weight is 352 g/mol. The fraction of sp³-hybridized carbons (Fsp3) is 0.235. The van der Waals surface area contributed by atoms with Crippen molar-refractivity contribution in [3.8, 4) is 0 Å². The van der Waals surface area contributed by atoms with E-state index in [0.29, 0.717) is 16.5 Å². The molecule has 0 aromatic heterocycles. The molecule has 1 aliphatic heterocycles. The maximum absolute atomic E-state index is 12.3. The molecule has 1 N–H and O–H groups in total. The van der Waals surface area contributed by atoms with Crippen molar-refractivity contribution in [3.63, 3.8) is 0 Å². The van der Waals surface area contributed by atoms with Gasteiger partial charge in [0.2, 0.25) is 5.91 Å². The molecule has 0 saturated carbocycles. The topological polar surface area (TPSA) is 29.1 Å². The lowest BCUT2D eigenvalue weighted by Crippen LogP contribution is -2.31. The van der Waals surface area contributed by atoms with Crippen molar-refractivity contribution in [2.45, 2.75) is 23.8 Å². The van der Waals surface area contributed by atoms with Gasteiger partial charge >= 0.3 is 0 Å². The Bertz CT molecular complexity index is 705. The van der Waals surface area contributed by atoms with Gasteiger partial charge in [0.05, 0.1) is 22.5 Å². The van der Waals surface area contributed by atoms with Gasteiger partial charge in [0.25, 0.3) is 0 Å². The molecule has 0 radical (unpaired) electrons. The molecule has 0 saturated heterocycles. The van der Waals surface area contributed by atoms with Gasteiger partial charge in [-0.15, -0.1) is 11.8 Å². The molecule has 2 aromatic carbocycles. The average Bonchev–Trinajstić information content (AvgIpc) is 2.51. The van der Waals surface area contributed by atoms with Crippen LogP contribution in [0.15, 0.2) is 47.4 Å². The number of carbonyl (C=O) groups is 1. The van der Waals surface area contributed by atoms with Crippen molar-refractivity contribution >= 4 is 40.9 Å². The van der Waals surface area contributed by atoms with E-state index in [1.807, 2.05) is 30.0 Å². The second-order valence-electron chi connectivity index (χ2n) is 5.22. The van der Waals surface area contributed by atoms with Crippen molar-refractivity contribution < 1.29 is 4.79 Å². The Kier molecular flexibility index (Phi) is 4.97. The number of amides is 1. The SMILES string of the molecule is O=C(Cc1ccc(Cl)c(Cl)c1)NC1CCSc2ccccc21. The largest absolute Gasteiger partial charge is 0.349 e. The van der Waals surface area contributed by atoms with Crippen LogP contribution in [0.5, 0.6) is 0 Å². The first-order valence-corrected chi connectivity index (χ1v) is 8.82. The van der Waals surface area contributed by atoms with Crippen LogP contribution in [0.1, 0.15) is 23.6 Å². The van der Waals surface area contributed by atoms with E-state index in [9.17, 15) is 4.79 Å². The smallest absolute Gasteiger partial charge is 0.224 e. The van der Waals surface area contributed by atoms with E-state index < -0.39 is 0 Å². The lowest BCUT2D eigenvalue weighted by atomic mass is 10.0. The summed E-state index contributed by atoms with van der Waals surface area (Å²) in [5.41, 5.74) is 2.08.